The van der Waals surface area contributed by atoms with Crippen LogP contribution in [0.2, 0.25) is 0 Å². The summed E-state index contributed by atoms with van der Waals surface area (Å²) in [6.07, 6.45) is 0. The van der Waals surface area contributed by atoms with Gasteiger partial charge in [0.1, 0.15) is 24.6 Å². The molecule has 10 aromatic carbocycles. The third-order valence-corrected chi connectivity index (χ3v) is 20.3. The minimum atomic E-state index is -0.346. The van der Waals surface area contributed by atoms with Crippen molar-refractivity contribution in [3.63, 3.8) is 0 Å². The Morgan fingerprint density at radius 1 is 0.404 bits per heavy atom. The molecule has 4 heterocycles. The van der Waals surface area contributed by atoms with Gasteiger partial charge >= 0.3 is 0 Å². The minimum absolute atomic E-state index is 0.0310. The molecule has 0 spiro atoms. The van der Waals surface area contributed by atoms with Crippen LogP contribution in [-0.2, 0) is 27.1 Å². The van der Waals surface area contributed by atoms with Gasteiger partial charge in [0.25, 0.3) is 6.71 Å². The maximum absolute atomic E-state index is 6.57. The Labute approximate surface area is 525 Å². The molecular weight excluding hydrogens is 1090 g/mol. The van der Waals surface area contributed by atoms with E-state index >= 15 is 0 Å². The fraction of sp³-hybridized carbons (Fsp3) is 0.244. The largest absolute Gasteiger partial charge is 0.486 e. The van der Waals surface area contributed by atoms with E-state index in [-0.39, 0.29) is 33.8 Å². The highest BCUT2D eigenvalue weighted by molar-refractivity contribution is 7.00. The van der Waals surface area contributed by atoms with E-state index in [4.69, 9.17) is 13.9 Å². The number of hydrogen-bond donors (Lipinski definition) is 0. The number of para-hydroxylation sites is 1. The van der Waals surface area contributed by atoms with Crippen molar-refractivity contribution < 1.29 is 13.9 Å². The molecule has 11 aromatic rings. The molecule has 0 fully saturated rings. The molecule has 16 rings (SSSR count). The number of rotatable bonds is 6. The molecule has 0 N–H and O–H groups in total. The summed E-state index contributed by atoms with van der Waals surface area (Å²) in [6.45, 7) is 31.2. The van der Waals surface area contributed by atoms with Crippen molar-refractivity contribution >= 4 is 85.3 Å². The maximum Gasteiger partial charge on any atom is 0.252 e. The van der Waals surface area contributed by atoms with E-state index in [1.807, 2.05) is 6.07 Å². The van der Waals surface area contributed by atoms with Gasteiger partial charge in [0, 0.05) is 73.3 Å². The molecule has 0 unspecified atom stereocenters. The van der Waals surface area contributed by atoms with Gasteiger partial charge in [0.15, 0.2) is 11.5 Å². The van der Waals surface area contributed by atoms with Crippen LogP contribution in [0, 0.1) is 0 Å². The van der Waals surface area contributed by atoms with Gasteiger partial charge in [-0.3, -0.25) is 0 Å². The highest BCUT2D eigenvalue weighted by Crippen LogP contribution is 2.56. The molecule has 5 aliphatic rings. The van der Waals surface area contributed by atoms with Crippen LogP contribution in [0.5, 0.6) is 11.5 Å². The molecule has 0 saturated carbocycles. The van der Waals surface area contributed by atoms with Crippen molar-refractivity contribution in [2.75, 3.05) is 27.9 Å². The smallest absolute Gasteiger partial charge is 0.252 e. The van der Waals surface area contributed by atoms with Gasteiger partial charge in [-0.15, -0.1) is 0 Å². The predicted molar refractivity (Wildman–Crippen MR) is 373 cm³/mol. The number of ether oxygens (including phenoxy) is 2. The molecule has 7 heteroatoms. The number of benzene rings is 10. The van der Waals surface area contributed by atoms with Gasteiger partial charge in [0.2, 0.25) is 0 Å². The Balaban J connectivity index is 0.979. The van der Waals surface area contributed by atoms with E-state index in [2.05, 4.69) is 299 Å². The summed E-state index contributed by atoms with van der Waals surface area (Å²) in [4.78, 5) is 7.66. The van der Waals surface area contributed by atoms with E-state index in [9.17, 15) is 0 Å². The van der Waals surface area contributed by atoms with Crippen LogP contribution in [0.3, 0.4) is 0 Å². The fourth-order valence-electron chi connectivity index (χ4n) is 15.3. The molecule has 6 nitrogen and oxygen atoms in total. The van der Waals surface area contributed by atoms with Crippen molar-refractivity contribution in [1.29, 1.82) is 0 Å². The zero-order valence-corrected chi connectivity index (χ0v) is 53.6. The molecule has 440 valence electrons. The first kappa shape index (κ1) is 55.1. The molecule has 1 aromatic heterocycles. The number of anilines is 9. The van der Waals surface area contributed by atoms with Crippen LogP contribution in [-0.4, -0.2) is 19.9 Å². The average Bonchev–Trinajstić information content (AvgIpc) is 1.43. The maximum atomic E-state index is 6.57. The molecular formula is C82H76BN3O3. The Hall–Kier alpha value is -9.20. The summed E-state index contributed by atoms with van der Waals surface area (Å²) in [5.74, 6) is 2.43. The molecule has 0 radical (unpaired) electrons. The average molecular weight is 1160 g/mol. The number of nitrogens with zero attached hydrogens (tertiary/aromatic N) is 3. The number of furan rings is 1. The highest BCUT2D eigenvalue weighted by atomic mass is 16.6. The summed E-state index contributed by atoms with van der Waals surface area (Å²) >= 11 is 0. The van der Waals surface area contributed by atoms with Gasteiger partial charge < -0.3 is 28.6 Å². The van der Waals surface area contributed by atoms with Crippen molar-refractivity contribution in [2.45, 2.75) is 117 Å². The first-order chi connectivity index (χ1) is 42.5. The Kier molecular flexibility index (Phi) is 11.9. The van der Waals surface area contributed by atoms with Crippen molar-refractivity contribution in [3.05, 3.63) is 239 Å². The first-order valence-electron chi connectivity index (χ1n) is 31.9. The third kappa shape index (κ3) is 8.50. The number of hydrogen-bond acceptors (Lipinski definition) is 6. The Morgan fingerprint density at radius 2 is 0.899 bits per heavy atom. The quantitative estimate of drug-likeness (QED) is 0.155. The standard InChI is InChI=1S/C82H76BN3O3/c1-78(2,3)51-23-28-54(29-24-51)85-69-37-27-53(80(7,8)9)42-67(69)83-68-47-75-76(88-39-38-87-75)48-70(68)86(55-30-25-52(26-31-55)79(4,5)6)72-46-58(45-71(85)77(72)83)84(56-32-35-61-59-19-15-16-20-63(59)81(10,11)65(61)43-56)57-33-36-62-60-34-22-50(40-64(60)82(12,13)66(62)44-57)74-41-49-18-14-17-21-73(49)89-74/h14-37,40-48H,38-39H2,1-13H3. The predicted octanol–water partition coefficient (Wildman–Crippen LogP) is 19.9. The van der Waals surface area contributed by atoms with E-state index in [0.29, 0.717) is 13.2 Å². The van der Waals surface area contributed by atoms with E-state index in [0.717, 1.165) is 85.0 Å². The van der Waals surface area contributed by atoms with Gasteiger partial charge in [-0.05, 0) is 185 Å². The molecule has 3 aliphatic heterocycles. The van der Waals surface area contributed by atoms with Crippen LogP contribution in [0.15, 0.2) is 205 Å². The zero-order valence-electron chi connectivity index (χ0n) is 53.6. The first-order valence-corrected chi connectivity index (χ1v) is 31.9. The minimum Gasteiger partial charge on any atom is -0.486 e. The number of fused-ring (bicyclic) bond motifs is 12. The lowest BCUT2D eigenvalue weighted by Crippen LogP contribution is -2.61. The second kappa shape index (κ2) is 19.2. The lowest BCUT2D eigenvalue weighted by Gasteiger charge is -2.45. The van der Waals surface area contributed by atoms with Crippen LogP contribution >= 0.6 is 0 Å². The second-order valence-corrected chi connectivity index (χ2v) is 29.7. The summed E-state index contributed by atoms with van der Waals surface area (Å²) in [5.41, 5.74) is 29.0. The Morgan fingerprint density at radius 3 is 1.49 bits per heavy atom. The van der Waals surface area contributed by atoms with Crippen molar-refractivity contribution in [2.24, 2.45) is 0 Å². The summed E-state index contributed by atoms with van der Waals surface area (Å²) in [5, 5.41) is 1.11. The molecule has 89 heavy (non-hydrogen) atoms. The summed E-state index contributed by atoms with van der Waals surface area (Å²) in [7, 11) is 0. The van der Waals surface area contributed by atoms with E-state index in [1.165, 1.54) is 77.6 Å². The lowest BCUT2D eigenvalue weighted by molar-refractivity contribution is 0.172. The monoisotopic (exact) mass is 1160 g/mol. The molecule has 0 atom stereocenters. The normalized spacial score (nSPS) is 15.4. The van der Waals surface area contributed by atoms with Gasteiger partial charge in [-0.25, -0.2) is 0 Å². The van der Waals surface area contributed by atoms with E-state index < -0.39 is 0 Å². The second-order valence-electron chi connectivity index (χ2n) is 29.7. The molecule has 0 amide bonds. The van der Waals surface area contributed by atoms with Crippen molar-refractivity contribution in [3.8, 4) is 45.1 Å². The topological polar surface area (TPSA) is 41.3 Å². The SMILES string of the molecule is CC(C)(C)c1ccc(N2c3ccc(C(C)(C)C)cc3B3c4cc5c(cc4N(c4ccc(C(C)(C)C)cc4)c4cc(N(c6ccc7c(c6)C(C)(C)c6ccccc6-7)c6ccc7c(c6)C(C)(C)c6cc(-c8cc9ccccc9o8)ccc6-7)cc2c43)OCCO5)cc1. The molecule has 0 saturated heterocycles. The third-order valence-electron chi connectivity index (χ3n) is 20.3. The van der Waals surface area contributed by atoms with Gasteiger partial charge in [-0.2, -0.15) is 0 Å². The summed E-state index contributed by atoms with van der Waals surface area (Å²) < 4.78 is 19.6. The van der Waals surface area contributed by atoms with Gasteiger partial charge in [-0.1, -0.05) is 193 Å². The van der Waals surface area contributed by atoms with Crippen LogP contribution in [0.4, 0.5) is 51.2 Å². The van der Waals surface area contributed by atoms with Crippen molar-refractivity contribution in [1.82, 2.24) is 0 Å². The van der Waals surface area contributed by atoms with Crippen LogP contribution < -0.4 is 40.6 Å². The molecule has 2 aliphatic carbocycles. The van der Waals surface area contributed by atoms with Crippen LogP contribution in [0.25, 0.3) is 44.5 Å². The molecule has 0 bridgehead atoms. The summed E-state index contributed by atoms with van der Waals surface area (Å²) in [6, 6.07) is 76.4. The van der Waals surface area contributed by atoms with E-state index in [1.54, 1.807) is 0 Å². The fourth-order valence-corrected chi connectivity index (χ4v) is 15.3. The zero-order chi connectivity index (χ0) is 61.4. The lowest BCUT2D eigenvalue weighted by atomic mass is 9.33. The van der Waals surface area contributed by atoms with Gasteiger partial charge in [0.05, 0.1) is 5.69 Å². The Bertz CT molecular complexity index is 4720. The van der Waals surface area contributed by atoms with Crippen LogP contribution in [0.1, 0.15) is 129 Å². The highest BCUT2D eigenvalue weighted by Gasteiger charge is 2.46.